The molecule has 0 bridgehead atoms. The molecule has 27 heavy (non-hydrogen) atoms. The second kappa shape index (κ2) is 7.76. The fourth-order valence-electron chi connectivity index (χ4n) is 1.64. The minimum atomic E-state index is -5.87. The SMILES string of the molecule is O=P(O)(O)OP(=O)(O)OP(=O)(O)OP(=O)(O)Oc1cccc2nnccc12. The molecule has 0 aliphatic heterocycles. The standard InChI is InChI=1S/C8H10N2O13P4/c11-24(12,13)21-26(16,17)23-27(18,19)22-25(14,15)20-8-3-1-2-7-6(8)4-5-9-10-7/h1-5H,(H,14,15)(H,16,17)(H,18,19)(H2,11,12,13). The maximum atomic E-state index is 11.9. The van der Waals surface area contributed by atoms with Crippen molar-refractivity contribution >= 4 is 42.2 Å². The Bertz CT molecular complexity index is 1030. The number of fused-ring (bicyclic) bond motifs is 1. The Labute approximate surface area is 149 Å². The summed E-state index contributed by atoms with van der Waals surface area (Å²) in [6.07, 6.45) is 1.22. The lowest BCUT2D eigenvalue weighted by molar-refractivity contribution is 0.195. The largest absolute Gasteiger partial charge is 0.536 e. The monoisotopic (exact) mass is 466 g/mol. The van der Waals surface area contributed by atoms with Crippen molar-refractivity contribution in [1.29, 1.82) is 0 Å². The minimum absolute atomic E-state index is 0.164. The van der Waals surface area contributed by atoms with Gasteiger partial charge in [0.15, 0.2) is 0 Å². The summed E-state index contributed by atoms with van der Waals surface area (Å²) in [5, 5.41) is 7.43. The average Bonchev–Trinajstić information content (AvgIpc) is 2.41. The summed E-state index contributed by atoms with van der Waals surface area (Å²) in [7, 11) is -22.8. The van der Waals surface area contributed by atoms with Crippen LogP contribution in [0.2, 0.25) is 0 Å². The molecule has 0 saturated carbocycles. The van der Waals surface area contributed by atoms with Crippen LogP contribution >= 0.6 is 31.3 Å². The summed E-state index contributed by atoms with van der Waals surface area (Å²) >= 11 is 0. The van der Waals surface area contributed by atoms with Gasteiger partial charge >= 0.3 is 31.3 Å². The lowest BCUT2D eigenvalue weighted by Gasteiger charge is -2.18. The van der Waals surface area contributed by atoms with E-state index in [4.69, 9.17) is 14.7 Å². The van der Waals surface area contributed by atoms with Crippen molar-refractivity contribution < 1.29 is 60.2 Å². The Balaban J connectivity index is 2.19. The lowest BCUT2D eigenvalue weighted by atomic mass is 10.2. The smallest absolute Gasteiger partial charge is 0.403 e. The first-order valence-corrected chi connectivity index (χ1v) is 12.3. The Morgan fingerprint density at radius 1 is 0.778 bits per heavy atom. The van der Waals surface area contributed by atoms with Gasteiger partial charge in [-0.3, -0.25) is 4.89 Å². The van der Waals surface area contributed by atoms with E-state index in [0.29, 0.717) is 0 Å². The van der Waals surface area contributed by atoms with Crippen molar-refractivity contribution in [3.63, 3.8) is 0 Å². The van der Waals surface area contributed by atoms with Gasteiger partial charge in [0.25, 0.3) is 0 Å². The van der Waals surface area contributed by atoms with E-state index >= 15 is 0 Å². The first-order valence-electron chi connectivity index (χ1n) is 6.26. The van der Waals surface area contributed by atoms with Crippen LogP contribution in [0.5, 0.6) is 5.75 Å². The highest BCUT2D eigenvalue weighted by atomic mass is 31.3. The van der Waals surface area contributed by atoms with E-state index in [1.807, 2.05) is 0 Å². The van der Waals surface area contributed by atoms with Gasteiger partial charge in [-0.2, -0.15) is 23.1 Å². The van der Waals surface area contributed by atoms with Gasteiger partial charge in [0.2, 0.25) is 0 Å². The highest BCUT2D eigenvalue weighted by molar-refractivity contribution is 7.69. The molecule has 3 atom stereocenters. The Hall–Kier alpha value is -1.04. The van der Waals surface area contributed by atoms with E-state index in [-0.39, 0.29) is 16.7 Å². The predicted octanol–water partition coefficient (Wildman–Crippen LogP) is 1.45. The van der Waals surface area contributed by atoms with Gasteiger partial charge in [0.1, 0.15) is 5.75 Å². The molecule has 0 aliphatic rings. The van der Waals surface area contributed by atoms with Crippen molar-refractivity contribution in [1.82, 2.24) is 10.2 Å². The van der Waals surface area contributed by atoms with Gasteiger partial charge in [-0.05, 0) is 18.2 Å². The number of hydrogen-bond donors (Lipinski definition) is 5. The maximum Gasteiger partial charge on any atom is 0.536 e. The molecular formula is C8H10N2O13P4. The molecule has 1 aromatic heterocycles. The van der Waals surface area contributed by atoms with Crippen molar-refractivity contribution in [2.75, 3.05) is 0 Å². The highest BCUT2D eigenvalue weighted by Gasteiger charge is 2.45. The molecule has 0 aliphatic carbocycles. The number of phosphoric ester groups is 1. The summed E-state index contributed by atoms with van der Waals surface area (Å²) < 4.78 is 60.4. The fraction of sp³-hybridized carbons (Fsp3) is 0. The molecule has 150 valence electrons. The van der Waals surface area contributed by atoms with E-state index in [0.717, 1.165) is 0 Å². The van der Waals surface area contributed by atoms with Crippen LogP contribution in [0.3, 0.4) is 0 Å². The van der Waals surface area contributed by atoms with Crippen molar-refractivity contribution in [3.8, 4) is 5.75 Å². The third-order valence-electron chi connectivity index (χ3n) is 2.35. The first-order chi connectivity index (χ1) is 12.2. The Kier molecular flexibility index (Phi) is 6.40. The topological polar surface area (TPSA) is 232 Å². The summed E-state index contributed by atoms with van der Waals surface area (Å²) in [4.78, 5) is 44.7. The van der Waals surface area contributed by atoms with Crippen LogP contribution < -0.4 is 4.52 Å². The van der Waals surface area contributed by atoms with E-state index in [1.165, 1.54) is 30.5 Å². The molecule has 0 spiro atoms. The number of rotatable bonds is 8. The van der Waals surface area contributed by atoms with E-state index in [9.17, 15) is 28.0 Å². The molecule has 0 saturated heterocycles. The average molecular weight is 466 g/mol. The summed E-state index contributed by atoms with van der Waals surface area (Å²) in [5.74, 6) is -0.327. The summed E-state index contributed by atoms with van der Waals surface area (Å²) in [5.41, 5.74) is 0.230. The molecule has 2 aromatic rings. The third-order valence-corrected chi connectivity index (χ3v) is 7.76. The zero-order valence-corrected chi connectivity index (χ0v) is 16.1. The van der Waals surface area contributed by atoms with Crippen LogP contribution in [0, 0.1) is 0 Å². The number of phosphoric acid groups is 4. The lowest BCUT2D eigenvalue weighted by Crippen LogP contribution is -2.00. The summed E-state index contributed by atoms with van der Waals surface area (Å²) in [6.45, 7) is 0. The second-order valence-electron chi connectivity index (χ2n) is 4.45. The maximum absolute atomic E-state index is 11.9. The molecule has 5 N–H and O–H groups in total. The Morgan fingerprint density at radius 2 is 1.37 bits per heavy atom. The van der Waals surface area contributed by atoms with Gasteiger partial charge in [-0.15, -0.1) is 0 Å². The van der Waals surface area contributed by atoms with Crippen LogP contribution in [-0.2, 0) is 31.2 Å². The quantitative estimate of drug-likeness (QED) is 0.346. The number of hydrogen-bond acceptors (Lipinski definition) is 10. The molecular weight excluding hydrogens is 456 g/mol. The van der Waals surface area contributed by atoms with E-state index in [2.05, 4.69) is 27.7 Å². The van der Waals surface area contributed by atoms with Crippen LogP contribution in [-0.4, -0.2) is 34.7 Å². The fourth-order valence-corrected chi connectivity index (χ4v) is 6.11. The van der Waals surface area contributed by atoms with Crippen molar-refractivity contribution in [2.45, 2.75) is 0 Å². The second-order valence-corrected chi connectivity index (χ2v) is 10.4. The number of aromatic nitrogens is 2. The van der Waals surface area contributed by atoms with Crippen molar-refractivity contribution in [2.24, 2.45) is 0 Å². The van der Waals surface area contributed by atoms with Gasteiger partial charge in [-0.1, -0.05) is 6.07 Å². The summed E-state index contributed by atoms with van der Waals surface area (Å²) in [6, 6.07) is 5.33. The Morgan fingerprint density at radius 3 is 2.00 bits per heavy atom. The molecule has 3 unspecified atom stereocenters. The number of nitrogens with zero attached hydrogens (tertiary/aromatic N) is 2. The number of benzene rings is 1. The molecule has 0 amide bonds. The normalized spacial score (nSPS) is 19.0. The molecule has 0 radical (unpaired) electrons. The van der Waals surface area contributed by atoms with Gasteiger partial charge in [0, 0.05) is 5.39 Å². The highest BCUT2D eigenvalue weighted by Crippen LogP contribution is 2.70. The van der Waals surface area contributed by atoms with Crippen LogP contribution in [0.1, 0.15) is 0 Å². The van der Waals surface area contributed by atoms with Gasteiger partial charge in [0.05, 0.1) is 11.7 Å². The van der Waals surface area contributed by atoms with E-state index < -0.39 is 31.3 Å². The predicted molar refractivity (Wildman–Crippen MR) is 84.9 cm³/mol. The van der Waals surface area contributed by atoms with Gasteiger partial charge < -0.3 is 24.1 Å². The molecule has 15 nitrogen and oxygen atoms in total. The molecule has 0 fully saturated rings. The third kappa shape index (κ3) is 7.13. The molecule has 1 heterocycles. The first kappa shape index (κ1) is 22.3. The van der Waals surface area contributed by atoms with Crippen molar-refractivity contribution in [3.05, 3.63) is 30.5 Å². The zero-order valence-electron chi connectivity index (χ0n) is 12.6. The van der Waals surface area contributed by atoms with Crippen LogP contribution in [0.4, 0.5) is 0 Å². The van der Waals surface area contributed by atoms with E-state index in [1.54, 1.807) is 0 Å². The minimum Gasteiger partial charge on any atom is -0.403 e. The molecule has 2 rings (SSSR count). The molecule has 19 heteroatoms. The zero-order chi connectivity index (χ0) is 20.5. The van der Waals surface area contributed by atoms with Gasteiger partial charge in [-0.25, -0.2) is 18.3 Å². The van der Waals surface area contributed by atoms with Crippen LogP contribution in [0.15, 0.2) is 30.5 Å². The molecule has 1 aromatic carbocycles. The van der Waals surface area contributed by atoms with Crippen LogP contribution in [0.25, 0.3) is 10.9 Å².